The highest BCUT2D eigenvalue weighted by Crippen LogP contribution is 2.26. The molecule has 2 heteroatoms. The average Bonchev–Trinajstić information content (AvgIpc) is 2.27. The van der Waals surface area contributed by atoms with Crippen molar-refractivity contribution in [3.63, 3.8) is 0 Å². The van der Waals surface area contributed by atoms with E-state index >= 15 is 0 Å². The third kappa shape index (κ3) is 2.99. The predicted molar refractivity (Wildman–Crippen MR) is 81.9 cm³/mol. The van der Waals surface area contributed by atoms with Crippen molar-refractivity contribution in [3.05, 3.63) is 46.4 Å². The second-order valence-corrected chi connectivity index (χ2v) is 10.7. The molecule has 0 aromatic heterocycles. The molecule has 0 unspecified atom stereocenters. The van der Waals surface area contributed by atoms with E-state index in [1.165, 1.54) is 10.8 Å². The van der Waals surface area contributed by atoms with E-state index in [1.807, 2.05) is 0 Å². The Morgan fingerprint density at radius 3 is 2.24 bits per heavy atom. The number of fused-ring (bicyclic) bond motifs is 1. The maximum atomic E-state index is 3.58. The number of hydrogen-bond acceptors (Lipinski definition) is 0. The van der Waals surface area contributed by atoms with Crippen LogP contribution in [0.25, 0.3) is 10.8 Å². The fourth-order valence-corrected chi connectivity index (χ4v) is 2.61. The van der Waals surface area contributed by atoms with Crippen molar-refractivity contribution < 1.29 is 0 Å². The van der Waals surface area contributed by atoms with E-state index < -0.39 is 8.07 Å². The molecule has 0 radical (unpaired) electrons. The van der Waals surface area contributed by atoms with Crippen molar-refractivity contribution in [2.24, 2.45) is 0 Å². The van der Waals surface area contributed by atoms with Crippen LogP contribution in [0.5, 0.6) is 0 Å². The molecule has 0 N–H and O–H groups in total. The lowest BCUT2D eigenvalue weighted by molar-refractivity contribution is 1.67. The van der Waals surface area contributed by atoms with Gasteiger partial charge in [-0.05, 0) is 22.9 Å². The normalized spacial score (nSPS) is 11.1. The van der Waals surface area contributed by atoms with E-state index in [-0.39, 0.29) is 0 Å². The van der Waals surface area contributed by atoms with Crippen molar-refractivity contribution in [2.45, 2.75) is 19.6 Å². The summed E-state index contributed by atoms with van der Waals surface area (Å²) in [5, 5.41) is 2.46. The Hall–Kier alpha value is -1.04. The molecule has 0 atom stereocenters. The summed E-state index contributed by atoms with van der Waals surface area (Å²) in [6.07, 6.45) is 0. The van der Waals surface area contributed by atoms with Crippen LogP contribution < -0.4 is 0 Å². The lowest BCUT2D eigenvalue weighted by Gasteiger charge is -2.05. The Morgan fingerprint density at radius 1 is 0.941 bits per heavy atom. The zero-order valence-corrected chi connectivity index (χ0v) is 12.9. The maximum Gasteiger partial charge on any atom is 0.129 e. The summed E-state index contributed by atoms with van der Waals surface area (Å²) in [6.45, 7) is 6.79. The number of rotatable bonds is 0. The molecular weight excluding hydrogens is 288 g/mol. The smallest absolute Gasteiger partial charge is 0.127 e. The van der Waals surface area contributed by atoms with Crippen molar-refractivity contribution in [3.8, 4) is 11.5 Å². The van der Waals surface area contributed by atoms with Gasteiger partial charge in [0.1, 0.15) is 8.07 Å². The fraction of sp³-hybridized carbons (Fsp3) is 0.200. The lowest BCUT2D eigenvalue weighted by Crippen LogP contribution is -2.16. The molecule has 2 aromatic carbocycles. The van der Waals surface area contributed by atoms with Crippen LogP contribution in [-0.2, 0) is 0 Å². The fourth-order valence-electron chi connectivity index (χ4n) is 1.63. The summed E-state index contributed by atoms with van der Waals surface area (Å²) in [5.41, 5.74) is 4.55. The highest BCUT2D eigenvalue weighted by molar-refractivity contribution is 9.10. The number of benzene rings is 2. The van der Waals surface area contributed by atoms with Crippen LogP contribution in [0.4, 0.5) is 0 Å². The zero-order valence-electron chi connectivity index (χ0n) is 10.3. The van der Waals surface area contributed by atoms with Gasteiger partial charge in [-0.25, -0.2) is 0 Å². The van der Waals surface area contributed by atoms with Gasteiger partial charge in [0.2, 0.25) is 0 Å². The van der Waals surface area contributed by atoms with Crippen molar-refractivity contribution in [2.75, 3.05) is 0 Å². The third-order valence-electron chi connectivity index (χ3n) is 2.44. The lowest BCUT2D eigenvalue weighted by atomic mass is 10.1. The van der Waals surface area contributed by atoms with E-state index in [9.17, 15) is 0 Å². The molecule has 17 heavy (non-hydrogen) atoms. The van der Waals surface area contributed by atoms with Gasteiger partial charge in [0.05, 0.1) is 0 Å². The number of hydrogen-bond donors (Lipinski definition) is 0. The summed E-state index contributed by atoms with van der Waals surface area (Å²) in [6, 6.07) is 12.6. The van der Waals surface area contributed by atoms with Gasteiger partial charge >= 0.3 is 0 Å². The van der Waals surface area contributed by atoms with Crippen molar-refractivity contribution in [1.29, 1.82) is 0 Å². The minimum atomic E-state index is -1.31. The standard InChI is InChI=1S/C15H15BrSi/c1-17(2,3)11-10-12-8-9-15(16)14-7-5-4-6-13(12)14/h4-9H,1-3H3. The Balaban J connectivity index is 2.63. The van der Waals surface area contributed by atoms with E-state index in [1.54, 1.807) is 0 Å². The molecule has 0 nitrogen and oxygen atoms in total. The largest absolute Gasteiger partial charge is 0.129 e. The Morgan fingerprint density at radius 2 is 1.59 bits per heavy atom. The minimum absolute atomic E-state index is 1.13. The molecule has 0 aliphatic rings. The predicted octanol–water partition coefficient (Wildman–Crippen LogP) is 4.83. The number of halogens is 1. The monoisotopic (exact) mass is 302 g/mol. The molecule has 0 amide bonds. The first-order chi connectivity index (χ1) is 7.97. The van der Waals surface area contributed by atoms with Gasteiger partial charge in [0.25, 0.3) is 0 Å². The highest BCUT2D eigenvalue weighted by Gasteiger charge is 2.08. The summed E-state index contributed by atoms with van der Waals surface area (Å²) in [4.78, 5) is 0. The molecule has 0 bridgehead atoms. The van der Waals surface area contributed by atoms with E-state index in [4.69, 9.17) is 0 Å². The van der Waals surface area contributed by atoms with Crippen LogP contribution in [0.1, 0.15) is 5.56 Å². The molecule has 2 aromatic rings. The minimum Gasteiger partial charge on any atom is -0.127 e. The average molecular weight is 303 g/mol. The Kier molecular flexibility index (Phi) is 3.42. The topological polar surface area (TPSA) is 0 Å². The second-order valence-electron chi connectivity index (χ2n) is 5.14. The molecule has 2 rings (SSSR count). The van der Waals surface area contributed by atoms with Crippen molar-refractivity contribution >= 4 is 34.8 Å². The zero-order chi connectivity index (χ0) is 12.5. The van der Waals surface area contributed by atoms with Crippen LogP contribution in [0.2, 0.25) is 19.6 Å². The van der Waals surface area contributed by atoms with Crippen LogP contribution >= 0.6 is 15.9 Å². The van der Waals surface area contributed by atoms with Gasteiger partial charge in [0.15, 0.2) is 0 Å². The Bertz CT molecular complexity index is 612. The van der Waals surface area contributed by atoms with Crippen molar-refractivity contribution in [1.82, 2.24) is 0 Å². The third-order valence-corrected chi connectivity index (χ3v) is 4.01. The first-order valence-electron chi connectivity index (χ1n) is 5.68. The van der Waals surface area contributed by atoms with E-state index in [0.29, 0.717) is 0 Å². The first-order valence-corrected chi connectivity index (χ1v) is 9.97. The van der Waals surface area contributed by atoms with Gasteiger partial charge < -0.3 is 0 Å². The van der Waals surface area contributed by atoms with E-state index in [0.717, 1.165) is 10.0 Å². The summed E-state index contributed by atoms with van der Waals surface area (Å²) < 4.78 is 1.13. The first kappa shape index (κ1) is 12.4. The molecule has 0 saturated heterocycles. The van der Waals surface area contributed by atoms with Gasteiger partial charge in [-0.1, -0.05) is 65.8 Å². The second kappa shape index (κ2) is 4.68. The summed E-state index contributed by atoms with van der Waals surface area (Å²) in [5.74, 6) is 3.35. The maximum absolute atomic E-state index is 3.58. The summed E-state index contributed by atoms with van der Waals surface area (Å²) in [7, 11) is -1.31. The van der Waals surface area contributed by atoms with Gasteiger partial charge in [-0.15, -0.1) is 5.54 Å². The quantitative estimate of drug-likeness (QED) is 0.483. The molecule has 0 aliphatic carbocycles. The van der Waals surface area contributed by atoms with Crippen LogP contribution in [0, 0.1) is 11.5 Å². The molecule has 0 saturated carbocycles. The Labute approximate surface area is 112 Å². The molecule has 0 heterocycles. The van der Waals surface area contributed by atoms with E-state index in [2.05, 4.69) is 83.4 Å². The molecule has 86 valence electrons. The van der Waals surface area contributed by atoms with Gasteiger partial charge in [-0.3, -0.25) is 0 Å². The van der Waals surface area contributed by atoms with Gasteiger partial charge in [0, 0.05) is 10.0 Å². The van der Waals surface area contributed by atoms with Crippen LogP contribution in [-0.4, -0.2) is 8.07 Å². The highest BCUT2D eigenvalue weighted by atomic mass is 79.9. The van der Waals surface area contributed by atoms with Crippen LogP contribution in [0.15, 0.2) is 40.9 Å². The molecule has 0 fully saturated rings. The van der Waals surface area contributed by atoms with Crippen LogP contribution in [0.3, 0.4) is 0 Å². The SMILES string of the molecule is C[Si](C)(C)C#Cc1ccc(Br)c2ccccc12. The molecule has 0 aliphatic heterocycles. The van der Waals surface area contributed by atoms with Gasteiger partial charge in [-0.2, -0.15) is 0 Å². The molecular formula is C15H15BrSi. The molecule has 0 spiro atoms. The summed E-state index contributed by atoms with van der Waals surface area (Å²) >= 11 is 3.58.